The largest absolute Gasteiger partial charge is 0.497 e. The minimum atomic E-state index is -0.119. The van der Waals surface area contributed by atoms with Gasteiger partial charge in [0, 0.05) is 18.7 Å². The van der Waals surface area contributed by atoms with Gasteiger partial charge in [-0.05, 0) is 18.2 Å². The summed E-state index contributed by atoms with van der Waals surface area (Å²) in [6.45, 7) is 0. The number of benzene rings is 1. The van der Waals surface area contributed by atoms with Crippen LogP contribution >= 0.6 is 0 Å². The van der Waals surface area contributed by atoms with E-state index in [-0.39, 0.29) is 5.56 Å². The first kappa shape index (κ1) is 10.4. The number of methoxy groups -OCH3 is 1. The van der Waals surface area contributed by atoms with Crippen molar-refractivity contribution in [1.29, 1.82) is 0 Å². The molecule has 82 valence electrons. The summed E-state index contributed by atoms with van der Waals surface area (Å²) in [6.07, 6.45) is 0. The average molecular weight is 216 g/mol. The Labute approximate surface area is 93.1 Å². The summed E-state index contributed by atoms with van der Waals surface area (Å²) in [5.41, 5.74) is 1.56. The molecule has 0 saturated carbocycles. The summed E-state index contributed by atoms with van der Waals surface area (Å²) in [4.78, 5) is 11.2. The van der Waals surface area contributed by atoms with Crippen molar-refractivity contribution in [2.75, 3.05) is 7.11 Å². The van der Waals surface area contributed by atoms with Gasteiger partial charge < -0.3 is 4.74 Å². The van der Waals surface area contributed by atoms with Gasteiger partial charge in [0.2, 0.25) is 0 Å². The summed E-state index contributed by atoms with van der Waals surface area (Å²) < 4.78 is 6.45. The summed E-state index contributed by atoms with van der Waals surface area (Å²) in [5.74, 6) is 0.771. The van der Waals surface area contributed by atoms with E-state index in [0.29, 0.717) is 0 Å². The third-order valence-corrected chi connectivity index (χ3v) is 2.33. The summed E-state index contributed by atoms with van der Waals surface area (Å²) in [5, 5.41) is 4.17. The van der Waals surface area contributed by atoms with Crippen molar-refractivity contribution in [1.82, 2.24) is 9.78 Å². The third-order valence-electron chi connectivity index (χ3n) is 2.33. The molecule has 1 aromatic carbocycles. The van der Waals surface area contributed by atoms with E-state index in [1.165, 1.54) is 10.7 Å². The number of nitrogens with zero attached hydrogens (tertiary/aromatic N) is 2. The molecule has 2 rings (SSSR count). The van der Waals surface area contributed by atoms with Gasteiger partial charge in [0.05, 0.1) is 12.8 Å². The Balaban J connectivity index is 2.50. The molecule has 1 aromatic heterocycles. The van der Waals surface area contributed by atoms with Gasteiger partial charge in [0.25, 0.3) is 5.56 Å². The lowest BCUT2D eigenvalue weighted by molar-refractivity contribution is 0.415. The van der Waals surface area contributed by atoms with Crippen LogP contribution in [0.1, 0.15) is 0 Å². The van der Waals surface area contributed by atoms with E-state index in [1.54, 1.807) is 20.2 Å². The van der Waals surface area contributed by atoms with E-state index < -0.39 is 0 Å². The molecule has 0 fully saturated rings. The van der Waals surface area contributed by atoms with Crippen LogP contribution in [0, 0.1) is 0 Å². The van der Waals surface area contributed by atoms with Gasteiger partial charge in [0.15, 0.2) is 0 Å². The maximum atomic E-state index is 11.2. The molecule has 1 heterocycles. The van der Waals surface area contributed by atoms with Crippen LogP contribution < -0.4 is 10.3 Å². The molecule has 0 saturated heterocycles. The summed E-state index contributed by atoms with van der Waals surface area (Å²) in [7, 11) is 3.25. The molecule has 0 bridgehead atoms. The minimum absolute atomic E-state index is 0.119. The Kier molecular flexibility index (Phi) is 2.72. The van der Waals surface area contributed by atoms with Crippen molar-refractivity contribution in [2.24, 2.45) is 7.05 Å². The smallest absolute Gasteiger partial charge is 0.266 e. The Hall–Kier alpha value is -2.10. The number of hydrogen-bond acceptors (Lipinski definition) is 3. The molecular weight excluding hydrogens is 204 g/mol. The maximum Gasteiger partial charge on any atom is 0.266 e. The molecule has 2 aromatic rings. The van der Waals surface area contributed by atoms with Crippen molar-refractivity contribution in [3.05, 3.63) is 46.8 Å². The third kappa shape index (κ3) is 1.95. The molecule has 0 spiro atoms. The molecule has 0 aliphatic heterocycles. The van der Waals surface area contributed by atoms with Crippen LogP contribution in [0.25, 0.3) is 11.3 Å². The van der Waals surface area contributed by atoms with Gasteiger partial charge >= 0.3 is 0 Å². The number of ether oxygens (including phenoxy) is 1. The zero-order chi connectivity index (χ0) is 11.5. The average Bonchev–Trinajstić information content (AvgIpc) is 2.33. The number of aromatic nitrogens is 2. The lowest BCUT2D eigenvalue weighted by Gasteiger charge is -2.04. The zero-order valence-corrected chi connectivity index (χ0v) is 9.18. The van der Waals surface area contributed by atoms with Crippen LogP contribution in [-0.4, -0.2) is 16.9 Å². The fourth-order valence-corrected chi connectivity index (χ4v) is 1.44. The molecule has 0 N–H and O–H groups in total. The predicted octanol–water partition coefficient (Wildman–Crippen LogP) is 1.46. The van der Waals surface area contributed by atoms with Gasteiger partial charge in [-0.1, -0.05) is 12.1 Å². The molecule has 0 amide bonds. The molecule has 4 nitrogen and oxygen atoms in total. The normalized spacial score (nSPS) is 10.1. The minimum Gasteiger partial charge on any atom is -0.497 e. The Morgan fingerprint density at radius 3 is 2.75 bits per heavy atom. The fourth-order valence-electron chi connectivity index (χ4n) is 1.44. The van der Waals surface area contributed by atoms with Crippen LogP contribution in [0.3, 0.4) is 0 Å². The van der Waals surface area contributed by atoms with E-state index in [2.05, 4.69) is 5.10 Å². The SMILES string of the molecule is COc1cccc(-c2ccc(=O)n(C)n2)c1. The second kappa shape index (κ2) is 4.18. The number of rotatable bonds is 2. The summed E-state index contributed by atoms with van der Waals surface area (Å²) >= 11 is 0. The van der Waals surface area contributed by atoms with Crippen molar-refractivity contribution in [3.8, 4) is 17.0 Å². The van der Waals surface area contributed by atoms with Crippen LogP contribution in [0.2, 0.25) is 0 Å². The molecule has 4 heteroatoms. The van der Waals surface area contributed by atoms with Gasteiger partial charge in [-0.25, -0.2) is 4.68 Å². The van der Waals surface area contributed by atoms with Crippen molar-refractivity contribution in [3.63, 3.8) is 0 Å². The van der Waals surface area contributed by atoms with Gasteiger partial charge in [0.1, 0.15) is 5.75 Å². The Morgan fingerprint density at radius 1 is 1.25 bits per heavy atom. The standard InChI is InChI=1S/C12H12N2O2/c1-14-12(15)7-6-11(13-14)9-4-3-5-10(8-9)16-2/h3-8H,1-2H3. The van der Waals surface area contributed by atoms with Crippen molar-refractivity contribution >= 4 is 0 Å². The molecule has 0 aliphatic rings. The van der Waals surface area contributed by atoms with Crippen LogP contribution in [0.15, 0.2) is 41.2 Å². The second-order valence-corrected chi connectivity index (χ2v) is 3.41. The lowest BCUT2D eigenvalue weighted by Crippen LogP contribution is -2.18. The number of hydrogen-bond donors (Lipinski definition) is 0. The van der Waals surface area contributed by atoms with Gasteiger partial charge in [-0.3, -0.25) is 4.79 Å². The highest BCUT2D eigenvalue weighted by atomic mass is 16.5. The monoisotopic (exact) mass is 216 g/mol. The topological polar surface area (TPSA) is 44.1 Å². The zero-order valence-electron chi connectivity index (χ0n) is 9.18. The van der Waals surface area contributed by atoms with Crippen LogP contribution in [-0.2, 0) is 7.05 Å². The predicted molar refractivity (Wildman–Crippen MR) is 61.5 cm³/mol. The molecular formula is C12H12N2O2. The highest BCUT2D eigenvalue weighted by Gasteiger charge is 2.02. The molecule has 0 aliphatic carbocycles. The lowest BCUT2D eigenvalue weighted by atomic mass is 10.1. The first-order valence-electron chi connectivity index (χ1n) is 4.89. The van der Waals surface area contributed by atoms with Crippen molar-refractivity contribution in [2.45, 2.75) is 0 Å². The highest BCUT2D eigenvalue weighted by molar-refractivity contribution is 5.60. The molecule has 0 radical (unpaired) electrons. The van der Waals surface area contributed by atoms with Crippen LogP contribution in [0.4, 0.5) is 0 Å². The van der Waals surface area contributed by atoms with E-state index in [9.17, 15) is 4.79 Å². The molecule has 0 unspecified atom stereocenters. The number of aryl methyl sites for hydroxylation is 1. The molecule has 0 atom stereocenters. The molecule has 16 heavy (non-hydrogen) atoms. The van der Waals surface area contributed by atoms with E-state index in [4.69, 9.17) is 4.74 Å². The quantitative estimate of drug-likeness (QED) is 0.763. The first-order valence-corrected chi connectivity index (χ1v) is 4.89. The van der Waals surface area contributed by atoms with Gasteiger partial charge in [-0.15, -0.1) is 0 Å². The highest BCUT2D eigenvalue weighted by Crippen LogP contribution is 2.20. The fraction of sp³-hybridized carbons (Fsp3) is 0.167. The Bertz CT molecular complexity index is 561. The van der Waals surface area contributed by atoms with Gasteiger partial charge in [-0.2, -0.15) is 5.10 Å². The first-order chi connectivity index (χ1) is 7.70. The maximum absolute atomic E-state index is 11.2. The van der Waals surface area contributed by atoms with E-state index in [1.807, 2.05) is 24.3 Å². The van der Waals surface area contributed by atoms with E-state index in [0.717, 1.165) is 17.0 Å². The summed E-state index contributed by atoms with van der Waals surface area (Å²) in [6, 6.07) is 10.8. The van der Waals surface area contributed by atoms with Crippen LogP contribution in [0.5, 0.6) is 5.75 Å². The van der Waals surface area contributed by atoms with Crippen molar-refractivity contribution < 1.29 is 4.74 Å². The Morgan fingerprint density at radius 2 is 2.06 bits per heavy atom. The van der Waals surface area contributed by atoms with E-state index >= 15 is 0 Å². The second-order valence-electron chi connectivity index (χ2n) is 3.41.